The molecule has 0 fully saturated rings. The van der Waals surface area contributed by atoms with Crippen LogP contribution < -0.4 is 24.4 Å². The molecule has 0 radical (unpaired) electrons. The molecule has 3 aromatic rings. The first-order valence-electron chi connectivity index (χ1n) is 10.4. The van der Waals surface area contributed by atoms with E-state index in [0.717, 1.165) is 11.3 Å². The fourth-order valence-electron chi connectivity index (χ4n) is 3.95. The molecule has 180 valence electrons. The van der Waals surface area contributed by atoms with Gasteiger partial charge in [0.25, 0.3) is 11.2 Å². The number of ether oxygens (including phenoxy) is 3. The van der Waals surface area contributed by atoms with Crippen molar-refractivity contribution in [2.24, 2.45) is 4.99 Å². The third-order valence-electron chi connectivity index (χ3n) is 5.57. The fourth-order valence-corrected chi connectivity index (χ4v) is 4.99. The van der Waals surface area contributed by atoms with E-state index in [1.165, 1.54) is 38.0 Å². The number of methoxy groups -OCH3 is 3. The number of allylic oxidation sites excluding steroid dienone is 1. The minimum Gasteiger partial charge on any atom is -0.493 e. The molecule has 0 amide bonds. The number of para-hydroxylation sites is 1. The molecule has 0 saturated heterocycles. The van der Waals surface area contributed by atoms with Crippen LogP contribution >= 0.6 is 11.3 Å². The number of rotatable bonds is 6. The van der Waals surface area contributed by atoms with Crippen LogP contribution in [0.4, 0.5) is 5.69 Å². The maximum atomic E-state index is 13.6. The summed E-state index contributed by atoms with van der Waals surface area (Å²) >= 11 is 1.08. The molecule has 2 aromatic carbocycles. The van der Waals surface area contributed by atoms with Crippen LogP contribution in [0.3, 0.4) is 0 Å². The van der Waals surface area contributed by atoms with Crippen LogP contribution in [0, 0.1) is 10.1 Å². The number of aromatic nitrogens is 1. The summed E-state index contributed by atoms with van der Waals surface area (Å²) in [7, 11) is 4.25. The van der Waals surface area contributed by atoms with E-state index < -0.39 is 22.5 Å². The van der Waals surface area contributed by atoms with Crippen molar-refractivity contribution in [1.29, 1.82) is 0 Å². The standard InChI is InChI=1S/C24H21N3O7S/c1-13-20(23(29)34-4)21(15-9-10-17(32-2)18(11-15)33-3)26-22(28)19(35-24(26)25-13)12-14-7-5-6-8-16(14)27(30)31/h5-12,21H,1-4H3. The highest BCUT2D eigenvalue weighted by Crippen LogP contribution is 2.36. The van der Waals surface area contributed by atoms with Crippen LogP contribution in [0.1, 0.15) is 24.1 Å². The van der Waals surface area contributed by atoms with Crippen LogP contribution in [0.5, 0.6) is 11.5 Å². The number of esters is 1. The Morgan fingerprint density at radius 2 is 1.86 bits per heavy atom. The second kappa shape index (κ2) is 9.55. The van der Waals surface area contributed by atoms with E-state index in [2.05, 4.69) is 4.99 Å². The van der Waals surface area contributed by atoms with Gasteiger partial charge in [0.05, 0.1) is 53.7 Å². The molecule has 0 spiro atoms. The number of thiazole rings is 1. The van der Waals surface area contributed by atoms with Gasteiger partial charge in [0.2, 0.25) is 0 Å². The van der Waals surface area contributed by atoms with Crippen molar-refractivity contribution in [2.75, 3.05) is 21.3 Å². The zero-order chi connectivity index (χ0) is 25.3. The van der Waals surface area contributed by atoms with Crippen molar-refractivity contribution in [2.45, 2.75) is 13.0 Å². The van der Waals surface area contributed by atoms with E-state index >= 15 is 0 Å². The van der Waals surface area contributed by atoms with Crippen LogP contribution in [-0.2, 0) is 9.53 Å². The predicted molar refractivity (Wildman–Crippen MR) is 128 cm³/mol. The summed E-state index contributed by atoms with van der Waals surface area (Å²) in [5.74, 6) is 0.283. The number of carbonyl (C=O) groups is 1. The quantitative estimate of drug-likeness (QED) is 0.292. The average Bonchev–Trinajstić information content (AvgIpc) is 3.16. The van der Waals surface area contributed by atoms with Crippen molar-refractivity contribution in [1.82, 2.24) is 4.57 Å². The topological polar surface area (TPSA) is 122 Å². The van der Waals surface area contributed by atoms with Gasteiger partial charge in [0, 0.05) is 6.07 Å². The first kappa shape index (κ1) is 23.9. The molecule has 1 aromatic heterocycles. The summed E-state index contributed by atoms with van der Waals surface area (Å²) in [6, 6.07) is 10.4. The monoisotopic (exact) mass is 495 g/mol. The van der Waals surface area contributed by atoms with E-state index in [9.17, 15) is 19.7 Å². The normalized spacial score (nSPS) is 15.3. The predicted octanol–water partition coefficient (Wildman–Crippen LogP) is 2.33. The molecule has 1 atom stereocenters. The lowest BCUT2D eigenvalue weighted by Crippen LogP contribution is -2.39. The number of nitro groups is 1. The molecule has 0 aliphatic carbocycles. The lowest BCUT2D eigenvalue weighted by atomic mass is 9.95. The van der Waals surface area contributed by atoms with E-state index in [1.807, 2.05) is 0 Å². The Hall–Kier alpha value is -4.25. The van der Waals surface area contributed by atoms with Gasteiger partial charge in [-0.2, -0.15) is 0 Å². The van der Waals surface area contributed by atoms with E-state index in [4.69, 9.17) is 14.2 Å². The van der Waals surface area contributed by atoms with Crippen molar-refractivity contribution in [3.05, 3.63) is 94.7 Å². The first-order chi connectivity index (χ1) is 16.8. The third kappa shape index (κ3) is 4.21. The first-order valence-corrected chi connectivity index (χ1v) is 11.2. The van der Waals surface area contributed by atoms with E-state index in [0.29, 0.717) is 27.6 Å². The zero-order valence-corrected chi connectivity index (χ0v) is 20.1. The second-order valence-electron chi connectivity index (χ2n) is 7.50. The van der Waals surface area contributed by atoms with Crippen molar-refractivity contribution < 1.29 is 23.9 Å². The Labute approximate surface area is 203 Å². The molecule has 1 aliphatic heterocycles. The molecule has 0 saturated carbocycles. The Balaban J connectivity index is 2.00. The largest absolute Gasteiger partial charge is 0.493 e. The SMILES string of the molecule is COC(=O)C1=C(C)N=c2sc(=Cc3ccccc3[N+](=O)[O-])c(=O)n2C1c1ccc(OC)c(OC)c1. The molecule has 2 heterocycles. The van der Waals surface area contributed by atoms with Crippen LogP contribution in [-0.4, -0.2) is 36.8 Å². The molecular weight excluding hydrogens is 474 g/mol. The van der Waals surface area contributed by atoms with Gasteiger partial charge in [-0.25, -0.2) is 9.79 Å². The molecule has 1 unspecified atom stereocenters. The number of fused-ring (bicyclic) bond motifs is 1. The minimum atomic E-state index is -0.855. The Kier molecular flexibility index (Phi) is 6.52. The number of benzene rings is 2. The van der Waals surface area contributed by atoms with Crippen molar-refractivity contribution >= 4 is 29.1 Å². The van der Waals surface area contributed by atoms with E-state index in [-0.39, 0.29) is 21.4 Å². The number of nitrogens with zero attached hydrogens (tertiary/aromatic N) is 3. The smallest absolute Gasteiger partial charge is 0.338 e. The molecule has 1 aliphatic rings. The maximum Gasteiger partial charge on any atom is 0.338 e. The lowest BCUT2D eigenvalue weighted by Gasteiger charge is -2.25. The lowest BCUT2D eigenvalue weighted by molar-refractivity contribution is -0.385. The molecule has 10 nitrogen and oxygen atoms in total. The number of hydrogen-bond donors (Lipinski definition) is 0. The average molecular weight is 496 g/mol. The summed E-state index contributed by atoms with van der Waals surface area (Å²) in [5, 5.41) is 11.4. The van der Waals surface area contributed by atoms with Gasteiger partial charge < -0.3 is 14.2 Å². The van der Waals surface area contributed by atoms with Crippen LogP contribution in [0.25, 0.3) is 6.08 Å². The van der Waals surface area contributed by atoms with Gasteiger partial charge in [-0.15, -0.1) is 0 Å². The van der Waals surface area contributed by atoms with E-state index in [1.54, 1.807) is 43.3 Å². The number of nitro benzene ring substituents is 1. The zero-order valence-electron chi connectivity index (χ0n) is 19.3. The van der Waals surface area contributed by atoms with Crippen LogP contribution in [0.15, 0.2) is 63.5 Å². The summed E-state index contributed by atoms with van der Waals surface area (Å²) in [6.07, 6.45) is 1.46. The Bertz CT molecular complexity index is 1550. The highest BCUT2D eigenvalue weighted by atomic mass is 32.1. The number of carbonyl (C=O) groups excluding carboxylic acids is 1. The maximum absolute atomic E-state index is 13.6. The third-order valence-corrected chi connectivity index (χ3v) is 6.55. The molecule has 0 bridgehead atoms. The van der Waals surface area contributed by atoms with Crippen LogP contribution in [0.2, 0.25) is 0 Å². The fraction of sp³-hybridized carbons (Fsp3) is 0.208. The highest BCUT2D eigenvalue weighted by Gasteiger charge is 2.33. The van der Waals surface area contributed by atoms with Gasteiger partial charge in [-0.3, -0.25) is 19.5 Å². The van der Waals surface area contributed by atoms with Gasteiger partial charge in [-0.1, -0.05) is 29.5 Å². The Morgan fingerprint density at radius 1 is 1.14 bits per heavy atom. The van der Waals surface area contributed by atoms with Gasteiger partial charge in [0.15, 0.2) is 16.3 Å². The molecule has 11 heteroatoms. The highest BCUT2D eigenvalue weighted by molar-refractivity contribution is 7.07. The van der Waals surface area contributed by atoms with Gasteiger partial charge in [-0.05, 0) is 36.8 Å². The Morgan fingerprint density at radius 3 is 2.51 bits per heavy atom. The number of hydrogen-bond acceptors (Lipinski definition) is 9. The summed E-state index contributed by atoms with van der Waals surface area (Å²) in [6.45, 7) is 1.67. The molecular formula is C24H21N3O7S. The minimum absolute atomic E-state index is 0.124. The molecule has 4 rings (SSSR count). The molecule has 35 heavy (non-hydrogen) atoms. The molecule has 0 N–H and O–H groups in total. The van der Waals surface area contributed by atoms with Crippen molar-refractivity contribution in [3.8, 4) is 11.5 Å². The summed E-state index contributed by atoms with van der Waals surface area (Å²) in [5.41, 5.74) is 0.895. The second-order valence-corrected chi connectivity index (χ2v) is 8.51. The summed E-state index contributed by atoms with van der Waals surface area (Å²) < 4.78 is 17.4. The summed E-state index contributed by atoms with van der Waals surface area (Å²) in [4.78, 5) is 42.2. The van der Waals surface area contributed by atoms with Gasteiger partial charge in [0.1, 0.15) is 0 Å². The van der Waals surface area contributed by atoms with Gasteiger partial charge >= 0.3 is 5.97 Å². The van der Waals surface area contributed by atoms with Crippen molar-refractivity contribution in [3.63, 3.8) is 0 Å².